The Kier molecular flexibility index (Phi) is 5.85. The fraction of sp³-hybridized carbons (Fsp3) is 0.100. The Hall–Kier alpha value is -3.35. The summed E-state index contributed by atoms with van der Waals surface area (Å²) >= 11 is 0. The molecular weight excluding hydrogens is 361 g/mol. The number of ether oxygens (including phenoxy) is 2. The molecule has 0 spiro atoms. The third kappa shape index (κ3) is 4.44. The molecule has 0 radical (unpaired) electrons. The van der Waals surface area contributed by atoms with Crippen molar-refractivity contribution in [1.82, 2.24) is 0 Å². The van der Waals surface area contributed by atoms with Crippen LogP contribution in [0.4, 0.5) is 13.2 Å². The van der Waals surface area contributed by atoms with Crippen molar-refractivity contribution in [3.05, 3.63) is 72.1 Å². The van der Waals surface area contributed by atoms with Gasteiger partial charge in [-0.2, -0.15) is 4.39 Å². The van der Waals surface area contributed by atoms with Crippen LogP contribution in [-0.4, -0.2) is 11.9 Å². The average molecular weight is 376 g/mol. The van der Waals surface area contributed by atoms with Gasteiger partial charge < -0.3 is 9.47 Å². The molecule has 0 amide bonds. The molecule has 0 aromatic heterocycles. The van der Waals surface area contributed by atoms with E-state index in [1.165, 1.54) is 19.9 Å². The topological polar surface area (TPSA) is 52.6 Å². The monoisotopic (exact) mass is 376 g/mol. The van der Waals surface area contributed by atoms with Crippen molar-refractivity contribution in [3.8, 4) is 22.6 Å². The molecule has 0 unspecified atom stereocenters. The minimum absolute atomic E-state index is 0.00296. The lowest BCUT2D eigenvalue weighted by Crippen LogP contribution is -2.10. The summed E-state index contributed by atoms with van der Waals surface area (Å²) < 4.78 is 52.1. The minimum Gasteiger partial charge on any atom is -0.420 e. The van der Waals surface area contributed by atoms with E-state index < -0.39 is 35.1 Å². The van der Waals surface area contributed by atoms with E-state index in [1.807, 2.05) is 0 Å². The molecule has 2 rings (SSSR count). The summed E-state index contributed by atoms with van der Waals surface area (Å²) in [4.78, 5) is 22.9. The Morgan fingerprint density at radius 2 is 1.33 bits per heavy atom. The van der Waals surface area contributed by atoms with Crippen LogP contribution >= 0.6 is 0 Å². The Balaban J connectivity index is 2.36. The SMILES string of the molecule is C=C(C)C(=O)Oc1ccc(-c2ccc(OC(=O)C(=C)C)c(F)c2F)cc1F. The van der Waals surface area contributed by atoms with E-state index in [9.17, 15) is 22.8 Å². The number of rotatable bonds is 5. The van der Waals surface area contributed by atoms with Crippen LogP contribution in [0, 0.1) is 17.5 Å². The van der Waals surface area contributed by atoms with Gasteiger partial charge in [-0.15, -0.1) is 0 Å². The van der Waals surface area contributed by atoms with E-state index in [1.54, 1.807) is 0 Å². The van der Waals surface area contributed by atoms with Crippen LogP contribution in [0.3, 0.4) is 0 Å². The van der Waals surface area contributed by atoms with Crippen LogP contribution in [0.2, 0.25) is 0 Å². The highest BCUT2D eigenvalue weighted by Gasteiger charge is 2.19. The molecule has 0 fully saturated rings. The first-order chi connectivity index (χ1) is 12.6. The van der Waals surface area contributed by atoms with Crippen LogP contribution < -0.4 is 9.47 Å². The van der Waals surface area contributed by atoms with Crippen molar-refractivity contribution >= 4 is 11.9 Å². The van der Waals surface area contributed by atoms with Crippen molar-refractivity contribution in [3.63, 3.8) is 0 Å². The number of benzene rings is 2. The largest absolute Gasteiger partial charge is 0.420 e. The maximum atomic E-state index is 14.3. The molecule has 140 valence electrons. The van der Waals surface area contributed by atoms with Crippen molar-refractivity contribution in [2.24, 2.45) is 0 Å². The Morgan fingerprint density at radius 1 is 0.815 bits per heavy atom. The normalized spacial score (nSPS) is 10.3. The zero-order valence-corrected chi connectivity index (χ0v) is 14.6. The second-order valence-electron chi connectivity index (χ2n) is 5.72. The van der Waals surface area contributed by atoms with Gasteiger partial charge in [-0.1, -0.05) is 19.2 Å². The lowest BCUT2D eigenvalue weighted by molar-refractivity contribution is -0.131. The van der Waals surface area contributed by atoms with Gasteiger partial charge in [0, 0.05) is 16.7 Å². The Labute approximate surface area is 153 Å². The Bertz CT molecular complexity index is 964. The molecule has 0 saturated carbocycles. The number of halogens is 3. The first-order valence-corrected chi connectivity index (χ1v) is 7.65. The molecule has 0 saturated heterocycles. The smallest absolute Gasteiger partial charge is 0.338 e. The van der Waals surface area contributed by atoms with Gasteiger partial charge in [-0.05, 0) is 43.7 Å². The lowest BCUT2D eigenvalue weighted by atomic mass is 10.0. The maximum Gasteiger partial charge on any atom is 0.338 e. The third-order valence-electron chi connectivity index (χ3n) is 3.39. The quantitative estimate of drug-likeness (QED) is 0.430. The highest BCUT2D eigenvalue weighted by atomic mass is 19.2. The van der Waals surface area contributed by atoms with Gasteiger partial charge in [0.1, 0.15) is 0 Å². The predicted octanol–water partition coefficient (Wildman–Crippen LogP) is 4.73. The minimum atomic E-state index is -1.40. The first-order valence-electron chi connectivity index (χ1n) is 7.65. The second-order valence-corrected chi connectivity index (χ2v) is 5.72. The van der Waals surface area contributed by atoms with Crippen LogP contribution in [0.25, 0.3) is 11.1 Å². The van der Waals surface area contributed by atoms with Gasteiger partial charge in [0.2, 0.25) is 5.82 Å². The van der Waals surface area contributed by atoms with Crippen molar-refractivity contribution in [2.75, 3.05) is 0 Å². The summed E-state index contributed by atoms with van der Waals surface area (Å²) in [5, 5.41) is 0. The Morgan fingerprint density at radius 3 is 1.85 bits per heavy atom. The molecule has 0 aliphatic rings. The molecule has 0 N–H and O–H groups in total. The molecule has 0 bridgehead atoms. The van der Waals surface area contributed by atoms with Crippen molar-refractivity contribution in [1.29, 1.82) is 0 Å². The van der Waals surface area contributed by atoms with E-state index >= 15 is 0 Å². The predicted molar refractivity (Wildman–Crippen MR) is 92.7 cm³/mol. The van der Waals surface area contributed by atoms with Gasteiger partial charge in [0.25, 0.3) is 0 Å². The molecule has 2 aromatic rings. The van der Waals surface area contributed by atoms with E-state index in [4.69, 9.17) is 9.47 Å². The van der Waals surface area contributed by atoms with Crippen molar-refractivity contribution in [2.45, 2.75) is 13.8 Å². The number of carbonyl (C=O) groups is 2. The molecule has 7 heteroatoms. The zero-order chi connectivity index (χ0) is 20.3. The summed E-state index contributed by atoms with van der Waals surface area (Å²) in [7, 11) is 0. The maximum absolute atomic E-state index is 14.3. The molecule has 2 aromatic carbocycles. The van der Waals surface area contributed by atoms with E-state index in [0.717, 1.165) is 24.3 Å². The average Bonchev–Trinajstić information content (AvgIpc) is 2.60. The van der Waals surface area contributed by atoms with Crippen molar-refractivity contribution < 1.29 is 32.2 Å². The highest BCUT2D eigenvalue weighted by molar-refractivity contribution is 5.89. The van der Waals surface area contributed by atoms with Gasteiger partial charge >= 0.3 is 11.9 Å². The summed E-state index contributed by atoms with van der Waals surface area (Å²) in [6.07, 6.45) is 0. The number of esters is 2. The molecule has 4 nitrogen and oxygen atoms in total. The molecule has 0 aliphatic carbocycles. The van der Waals surface area contributed by atoms with E-state index in [0.29, 0.717) is 0 Å². The van der Waals surface area contributed by atoms with Gasteiger partial charge in [-0.3, -0.25) is 0 Å². The van der Waals surface area contributed by atoms with Crippen LogP contribution in [0.5, 0.6) is 11.5 Å². The molecule has 27 heavy (non-hydrogen) atoms. The summed E-state index contributed by atoms with van der Waals surface area (Å²) in [5.41, 5.74) is -0.177. The summed E-state index contributed by atoms with van der Waals surface area (Å²) in [6.45, 7) is 9.48. The van der Waals surface area contributed by atoms with E-state index in [2.05, 4.69) is 13.2 Å². The van der Waals surface area contributed by atoms with Crippen LogP contribution in [0.15, 0.2) is 54.6 Å². The number of carbonyl (C=O) groups excluding carboxylic acids is 2. The fourth-order valence-corrected chi connectivity index (χ4v) is 1.96. The fourth-order valence-electron chi connectivity index (χ4n) is 1.96. The zero-order valence-electron chi connectivity index (χ0n) is 14.6. The van der Waals surface area contributed by atoms with E-state index in [-0.39, 0.29) is 28.0 Å². The molecule has 0 aliphatic heterocycles. The van der Waals surface area contributed by atoms with Gasteiger partial charge in [0.15, 0.2) is 23.1 Å². The number of hydrogen-bond acceptors (Lipinski definition) is 4. The second kappa shape index (κ2) is 7.90. The van der Waals surface area contributed by atoms with Crippen LogP contribution in [0.1, 0.15) is 13.8 Å². The molecule has 0 heterocycles. The van der Waals surface area contributed by atoms with Gasteiger partial charge in [-0.25, -0.2) is 18.4 Å². The summed E-state index contributed by atoms with van der Waals surface area (Å²) in [6, 6.07) is 5.42. The standard InChI is InChI=1S/C20H15F3O4/c1-10(2)19(24)26-15-7-5-12(9-14(15)21)13-6-8-16(18(23)17(13)22)27-20(25)11(3)4/h5-9H,1,3H2,2,4H3. The highest BCUT2D eigenvalue weighted by Crippen LogP contribution is 2.32. The first kappa shape index (κ1) is 20.0. The molecule has 0 atom stereocenters. The lowest BCUT2D eigenvalue weighted by Gasteiger charge is -2.11. The molecular formula is C20H15F3O4. The third-order valence-corrected chi connectivity index (χ3v) is 3.39. The summed E-state index contributed by atoms with van der Waals surface area (Å²) in [5.74, 6) is -6.39. The number of hydrogen-bond donors (Lipinski definition) is 0. The van der Waals surface area contributed by atoms with Crippen LogP contribution in [-0.2, 0) is 9.59 Å². The van der Waals surface area contributed by atoms with Gasteiger partial charge in [0.05, 0.1) is 0 Å².